The molecule has 0 unspecified atom stereocenters. The number of hydrogen-bond acceptors (Lipinski definition) is 2. The van der Waals surface area contributed by atoms with Gasteiger partial charge in [-0.15, -0.1) is 0 Å². The number of nitrogens with two attached hydrogens (primary N) is 1. The van der Waals surface area contributed by atoms with Crippen molar-refractivity contribution >= 4 is 34.1 Å². The Morgan fingerprint density at radius 3 is 2.90 bits per heavy atom. The van der Waals surface area contributed by atoms with Gasteiger partial charge in [-0.05, 0) is 49.0 Å². The summed E-state index contributed by atoms with van der Waals surface area (Å²) in [5, 5.41) is 3.18. The Bertz CT molecular complexity index is 791. The highest BCUT2D eigenvalue weighted by atomic mass is 32.1. The summed E-state index contributed by atoms with van der Waals surface area (Å²) in [6.07, 6.45) is 0. The maximum absolute atomic E-state index is 5.49. The molecule has 1 aromatic heterocycles. The van der Waals surface area contributed by atoms with E-state index in [4.69, 9.17) is 18.0 Å². The number of hydrogen-bond donors (Lipinski definition) is 3. The van der Waals surface area contributed by atoms with Gasteiger partial charge in [-0.2, -0.15) is 0 Å². The number of fused-ring (bicyclic) bond motifs is 1. The zero-order valence-corrected chi connectivity index (χ0v) is 11.8. The molecule has 0 saturated heterocycles. The van der Waals surface area contributed by atoms with Gasteiger partial charge >= 0.3 is 0 Å². The van der Waals surface area contributed by atoms with E-state index in [-0.39, 0.29) is 5.11 Å². The van der Waals surface area contributed by atoms with Crippen LogP contribution in [0.4, 0.5) is 5.69 Å². The van der Waals surface area contributed by atoms with Crippen molar-refractivity contribution in [3.63, 3.8) is 0 Å². The highest BCUT2D eigenvalue weighted by molar-refractivity contribution is 7.80. The lowest BCUT2D eigenvalue weighted by Gasteiger charge is -2.04. The molecule has 3 rings (SSSR count). The van der Waals surface area contributed by atoms with Crippen LogP contribution in [0.1, 0.15) is 5.56 Å². The van der Waals surface area contributed by atoms with Crippen molar-refractivity contribution in [2.75, 3.05) is 5.32 Å². The molecule has 4 nitrogen and oxygen atoms in total. The summed E-state index contributed by atoms with van der Waals surface area (Å²) in [5.74, 6) is 0.831. The summed E-state index contributed by atoms with van der Waals surface area (Å²) in [5.41, 5.74) is 10.5. The van der Waals surface area contributed by atoms with E-state index in [0.29, 0.717) is 0 Å². The first-order valence-corrected chi connectivity index (χ1v) is 6.66. The Labute approximate surface area is 122 Å². The number of aromatic nitrogens is 2. The fraction of sp³-hybridized carbons (Fsp3) is 0.0667. The number of imidazole rings is 1. The van der Waals surface area contributed by atoms with Crippen LogP contribution in [0.25, 0.3) is 22.4 Å². The minimum atomic E-state index is 0.252. The van der Waals surface area contributed by atoms with E-state index in [2.05, 4.69) is 34.3 Å². The Morgan fingerprint density at radius 2 is 2.10 bits per heavy atom. The molecule has 20 heavy (non-hydrogen) atoms. The highest BCUT2D eigenvalue weighted by Gasteiger charge is 2.06. The highest BCUT2D eigenvalue weighted by Crippen LogP contribution is 2.23. The van der Waals surface area contributed by atoms with Crippen LogP contribution in [-0.2, 0) is 0 Å². The number of H-pyrrole nitrogens is 1. The molecule has 0 bridgehead atoms. The third-order valence-electron chi connectivity index (χ3n) is 3.04. The number of thiocarbonyl (C=S) groups is 1. The lowest BCUT2D eigenvalue weighted by molar-refractivity contribution is 1.33. The van der Waals surface area contributed by atoms with Crippen molar-refractivity contribution in [1.82, 2.24) is 9.97 Å². The quantitative estimate of drug-likeness (QED) is 0.631. The van der Waals surface area contributed by atoms with Gasteiger partial charge in [0.25, 0.3) is 0 Å². The zero-order chi connectivity index (χ0) is 14.1. The molecular weight excluding hydrogens is 268 g/mol. The molecule has 0 aliphatic heterocycles. The Morgan fingerprint density at radius 1 is 1.25 bits per heavy atom. The van der Waals surface area contributed by atoms with Crippen LogP contribution in [0.3, 0.4) is 0 Å². The van der Waals surface area contributed by atoms with Crippen LogP contribution < -0.4 is 11.1 Å². The van der Waals surface area contributed by atoms with Gasteiger partial charge < -0.3 is 16.0 Å². The second kappa shape index (κ2) is 4.94. The summed E-state index contributed by atoms with van der Waals surface area (Å²) in [4.78, 5) is 7.93. The predicted octanol–water partition coefficient (Wildman–Crippen LogP) is 3.19. The number of rotatable bonds is 2. The monoisotopic (exact) mass is 282 g/mol. The summed E-state index contributed by atoms with van der Waals surface area (Å²) < 4.78 is 0. The number of aryl methyl sites for hydroxylation is 1. The predicted molar refractivity (Wildman–Crippen MR) is 86.7 cm³/mol. The number of anilines is 1. The molecular formula is C15H14N4S. The smallest absolute Gasteiger partial charge is 0.168 e. The molecule has 0 amide bonds. The van der Waals surface area contributed by atoms with E-state index >= 15 is 0 Å². The topological polar surface area (TPSA) is 66.7 Å². The van der Waals surface area contributed by atoms with E-state index < -0.39 is 0 Å². The first kappa shape index (κ1) is 12.6. The molecule has 2 aromatic carbocycles. The summed E-state index contributed by atoms with van der Waals surface area (Å²) >= 11 is 4.85. The molecule has 3 aromatic rings. The molecule has 0 fully saturated rings. The lowest BCUT2D eigenvalue weighted by atomic mass is 10.2. The third-order valence-corrected chi connectivity index (χ3v) is 3.14. The third kappa shape index (κ3) is 2.48. The number of nitrogens with one attached hydrogen (secondary N) is 2. The van der Waals surface area contributed by atoms with Gasteiger partial charge in [0, 0.05) is 11.3 Å². The maximum Gasteiger partial charge on any atom is 0.168 e. The van der Waals surface area contributed by atoms with Gasteiger partial charge in [0.05, 0.1) is 11.0 Å². The molecule has 0 aliphatic rings. The minimum absolute atomic E-state index is 0.252. The normalized spacial score (nSPS) is 10.7. The van der Waals surface area contributed by atoms with E-state index in [0.717, 1.165) is 28.1 Å². The van der Waals surface area contributed by atoms with Gasteiger partial charge in [-0.25, -0.2) is 4.98 Å². The van der Waals surface area contributed by atoms with Gasteiger partial charge in [-0.1, -0.05) is 18.2 Å². The lowest BCUT2D eigenvalue weighted by Crippen LogP contribution is -2.18. The second-order valence-corrected chi connectivity index (χ2v) is 5.12. The van der Waals surface area contributed by atoms with Crippen molar-refractivity contribution in [3.8, 4) is 11.4 Å². The van der Waals surface area contributed by atoms with Crippen molar-refractivity contribution in [2.24, 2.45) is 5.73 Å². The van der Waals surface area contributed by atoms with Crippen LogP contribution in [-0.4, -0.2) is 15.1 Å². The van der Waals surface area contributed by atoms with Crippen LogP contribution >= 0.6 is 12.2 Å². The molecule has 0 radical (unpaired) electrons. The van der Waals surface area contributed by atoms with E-state index in [9.17, 15) is 0 Å². The Hall–Kier alpha value is -2.40. The van der Waals surface area contributed by atoms with E-state index in [1.807, 2.05) is 30.3 Å². The average molecular weight is 282 g/mol. The molecule has 0 atom stereocenters. The maximum atomic E-state index is 5.49. The van der Waals surface area contributed by atoms with Crippen molar-refractivity contribution in [1.29, 1.82) is 0 Å². The molecule has 5 heteroatoms. The summed E-state index contributed by atoms with van der Waals surface area (Å²) in [6.45, 7) is 2.06. The fourth-order valence-electron chi connectivity index (χ4n) is 2.15. The fourth-order valence-corrected chi connectivity index (χ4v) is 2.26. The van der Waals surface area contributed by atoms with E-state index in [1.54, 1.807) is 0 Å². The summed E-state index contributed by atoms with van der Waals surface area (Å²) in [6, 6.07) is 14.0. The van der Waals surface area contributed by atoms with Crippen molar-refractivity contribution in [2.45, 2.75) is 6.92 Å². The number of nitrogens with zero attached hydrogens (tertiary/aromatic N) is 1. The van der Waals surface area contributed by atoms with Crippen LogP contribution in [0.15, 0.2) is 42.5 Å². The van der Waals surface area contributed by atoms with Gasteiger partial charge in [0.15, 0.2) is 5.11 Å². The van der Waals surface area contributed by atoms with E-state index in [1.165, 1.54) is 5.56 Å². The number of benzene rings is 2. The summed E-state index contributed by atoms with van der Waals surface area (Å²) in [7, 11) is 0. The average Bonchev–Trinajstić information content (AvgIpc) is 2.81. The molecule has 0 spiro atoms. The Kier molecular flexibility index (Phi) is 3.12. The van der Waals surface area contributed by atoms with Crippen LogP contribution in [0.5, 0.6) is 0 Å². The molecule has 0 saturated carbocycles. The molecule has 4 N–H and O–H groups in total. The standard InChI is InChI=1S/C15H14N4S/c1-9-5-6-12-13(7-9)19-14(18-12)10-3-2-4-11(8-10)17-15(16)20/h2-8H,1H3,(H,18,19)(H3,16,17,20). The molecule has 100 valence electrons. The molecule has 1 heterocycles. The minimum Gasteiger partial charge on any atom is -0.376 e. The Balaban J connectivity index is 2.03. The first-order chi connectivity index (χ1) is 9.61. The van der Waals surface area contributed by atoms with Crippen molar-refractivity contribution in [3.05, 3.63) is 48.0 Å². The van der Waals surface area contributed by atoms with Gasteiger partial charge in [-0.3, -0.25) is 0 Å². The zero-order valence-electron chi connectivity index (χ0n) is 11.0. The van der Waals surface area contributed by atoms with Gasteiger partial charge in [0.2, 0.25) is 0 Å². The van der Waals surface area contributed by atoms with Gasteiger partial charge in [0.1, 0.15) is 5.82 Å². The van der Waals surface area contributed by atoms with Crippen LogP contribution in [0, 0.1) is 6.92 Å². The molecule has 0 aliphatic carbocycles. The van der Waals surface area contributed by atoms with Crippen LogP contribution in [0.2, 0.25) is 0 Å². The largest absolute Gasteiger partial charge is 0.376 e. The second-order valence-electron chi connectivity index (χ2n) is 4.68. The number of aromatic amines is 1. The SMILES string of the molecule is Cc1ccc2nc(-c3cccc(NC(N)=S)c3)[nH]c2c1. The first-order valence-electron chi connectivity index (χ1n) is 6.25. The van der Waals surface area contributed by atoms with Crippen molar-refractivity contribution < 1.29 is 0 Å².